The van der Waals surface area contributed by atoms with Crippen LogP contribution >= 0.6 is 0 Å². The van der Waals surface area contributed by atoms with E-state index in [2.05, 4.69) is 9.47 Å². The van der Waals surface area contributed by atoms with Crippen LogP contribution in [0, 0.1) is 23.7 Å². The lowest BCUT2D eigenvalue weighted by atomic mass is 9.71. The second kappa shape index (κ2) is 4.80. The number of methoxy groups -OCH3 is 2. The van der Waals surface area contributed by atoms with Crippen molar-refractivity contribution in [2.75, 3.05) is 20.8 Å². The summed E-state index contributed by atoms with van der Waals surface area (Å²) in [5.41, 5.74) is 0. The third kappa shape index (κ3) is 1.87. The van der Waals surface area contributed by atoms with Gasteiger partial charge in [-0.1, -0.05) is 12.2 Å². The summed E-state index contributed by atoms with van der Waals surface area (Å²) in [5, 5.41) is 0. The molecule has 0 radical (unpaired) electrons. The van der Waals surface area contributed by atoms with E-state index in [0.29, 0.717) is 0 Å². The molecule has 98 valence electrons. The minimum atomic E-state index is -0.868. The van der Waals surface area contributed by atoms with Gasteiger partial charge in [-0.2, -0.15) is 0 Å². The SMILES string of the molecule is COC(=O)[C@H]1[C@@H]2C(=O)OC[C@H]2C=C[C@H]1C(=O)OC. The maximum absolute atomic E-state index is 11.8. The molecule has 0 aromatic rings. The number of ether oxygens (including phenoxy) is 3. The summed E-state index contributed by atoms with van der Waals surface area (Å²) in [5.74, 6) is -4.12. The third-order valence-electron chi connectivity index (χ3n) is 3.44. The lowest BCUT2D eigenvalue weighted by molar-refractivity contribution is -0.162. The van der Waals surface area contributed by atoms with E-state index in [-0.39, 0.29) is 12.5 Å². The number of fused-ring (bicyclic) bond motifs is 1. The quantitative estimate of drug-likeness (QED) is 0.390. The zero-order chi connectivity index (χ0) is 13.3. The van der Waals surface area contributed by atoms with Crippen LogP contribution in [0.15, 0.2) is 12.2 Å². The Hall–Kier alpha value is -1.85. The van der Waals surface area contributed by atoms with Gasteiger partial charge in [-0.05, 0) is 0 Å². The molecular formula is C12H14O6. The van der Waals surface area contributed by atoms with Crippen LogP contribution in [0.25, 0.3) is 0 Å². The van der Waals surface area contributed by atoms with Crippen molar-refractivity contribution < 1.29 is 28.6 Å². The molecule has 4 atom stereocenters. The van der Waals surface area contributed by atoms with E-state index in [9.17, 15) is 14.4 Å². The van der Waals surface area contributed by atoms with Gasteiger partial charge in [0.2, 0.25) is 0 Å². The first-order valence-corrected chi connectivity index (χ1v) is 5.60. The van der Waals surface area contributed by atoms with Crippen LogP contribution in [0.5, 0.6) is 0 Å². The van der Waals surface area contributed by atoms with Crippen LogP contribution in [0.2, 0.25) is 0 Å². The summed E-state index contributed by atoms with van der Waals surface area (Å²) < 4.78 is 14.3. The van der Waals surface area contributed by atoms with Gasteiger partial charge in [-0.25, -0.2) is 0 Å². The van der Waals surface area contributed by atoms with E-state index in [4.69, 9.17) is 4.74 Å². The van der Waals surface area contributed by atoms with Crippen molar-refractivity contribution >= 4 is 17.9 Å². The smallest absolute Gasteiger partial charge is 0.313 e. The van der Waals surface area contributed by atoms with Crippen molar-refractivity contribution in [3.05, 3.63) is 12.2 Å². The van der Waals surface area contributed by atoms with Gasteiger partial charge in [0.15, 0.2) is 0 Å². The molecule has 0 aromatic carbocycles. The zero-order valence-corrected chi connectivity index (χ0v) is 10.1. The Balaban J connectivity index is 2.36. The lowest BCUT2D eigenvalue weighted by Gasteiger charge is -2.29. The average molecular weight is 254 g/mol. The summed E-state index contributed by atoms with van der Waals surface area (Å²) >= 11 is 0. The Kier molecular flexibility index (Phi) is 3.36. The molecular weight excluding hydrogens is 240 g/mol. The van der Waals surface area contributed by atoms with E-state index >= 15 is 0 Å². The fourth-order valence-electron chi connectivity index (χ4n) is 2.54. The van der Waals surface area contributed by atoms with E-state index < -0.39 is 35.7 Å². The number of carbonyl (C=O) groups is 3. The Morgan fingerprint density at radius 1 is 1.22 bits per heavy atom. The van der Waals surface area contributed by atoms with Crippen LogP contribution in [-0.4, -0.2) is 38.7 Å². The number of hydrogen-bond acceptors (Lipinski definition) is 6. The fraction of sp³-hybridized carbons (Fsp3) is 0.583. The third-order valence-corrected chi connectivity index (χ3v) is 3.44. The molecule has 6 nitrogen and oxygen atoms in total. The second-order valence-corrected chi connectivity index (χ2v) is 4.30. The highest BCUT2D eigenvalue weighted by atomic mass is 16.5. The molecule has 0 spiro atoms. The molecule has 0 saturated carbocycles. The zero-order valence-electron chi connectivity index (χ0n) is 10.1. The summed E-state index contributed by atoms with van der Waals surface area (Å²) in [6.45, 7) is 0.237. The average Bonchev–Trinajstić information content (AvgIpc) is 2.77. The normalized spacial score (nSPS) is 33.6. The molecule has 1 saturated heterocycles. The molecule has 18 heavy (non-hydrogen) atoms. The first-order valence-electron chi connectivity index (χ1n) is 5.60. The van der Waals surface area contributed by atoms with Gasteiger partial charge in [0.25, 0.3) is 0 Å². The molecule has 2 aliphatic rings. The van der Waals surface area contributed by atoms with E-state index in [1.54, 1.807) is 12.2 Å². The van der Waals surface area contributed by atoms with Crippen molar-refractivity contribution in [3.8, 4) is 0 Å². The van der Waals surface area contributed by atoms with Gasteiger partial charge in [-0.3, -0.25) is 14.4 Å². The van der Waals surface area contributed by atoms with Gasteiger partial charge < -0.3 is 14.2 Å². The second-order valence-electron chi connectivity index (χ2n) is 4.30. The van der Waals surface area contributed by atoms with E-state index in [1.165, 1.54) is 14.2 Å². The van der Waals surface area contributed by atoms with Gasteiger partial charge in [0, 0.05) is 5.92 Å². The number of rotatable bonds is 2. The highest BCUT2D eigenvalue weighted by molar-refractivity contribution is 5.89. The number of carbonyl (C=O) groups excluding carboxylic acids is 3. The molecule has 1 heterocycles. The van der Waals surface area contributed by atoms with Crippen molar-refractivity contribution in [2.24, 2.45) is 23.7 Å². The first kappa shape index (κ1) is 12.6. The van der Waals surface area contributed by atoms with Crippen LogP contribution in [0.3, 0.4) is 0 Å². The molecule has 1 aliphatic carbocycles. The van der Waals surface area contributed by atoms with E-state index in [1.807, 2.05) is 0 Å². The van der Waals surface area contributed by atoms with E-state index in [0.717, 1.165) is 0 Å². The fourth-order valence-corrected chi connectivity index (χ4v) is 2.54. The molecule has 0 amide bonds. The number of esters is 3. The molecule has 0 aromatic heterocycles. The maximum Gasteiger partial charge on any atom is 0.313 e. The summed E-state index contributed by atoms with van der Waals surface area (Å²) in [7, 11) is 2.47. The van der Waals surface area contributed by atoms with Gasteiger partial charge >= 0.3 is 17.9 Å². The summed E-state index contributed by atoms with van der Waals surface area (Å²) in [6, 6.07) is 0. The minimum absolute atomic E-state index is 0.178. The molecule has 6 heteroatoms. The largest absolute Gasteiger partial charge is 0.469 e. The highest BCUT2D eigenvalue weighted by Gasteiger charge is 2.52. The summed E-state index contributed by atoms with van der Waals surface area (Å²) in [6.07, 6.45) is 3.33. The lowest BCUT2D eigenvalue weighted by Crippen LogP contribution is -2.42. The Labute approximate surface area is 104 Å². The minimum Gasteiger partial charge on any atom is -0.469 e. The van der Waals surface area contributed by atoms with Crippen LogP contribution in [0.1, 0.15) is 0 Å². The predicted octanol–water partition coefficient (Wildman–Crippen LogP) is -0.0762. The Morgan fingerprint density at radius 3 is 2.50 bits per heavy atom. The van der Waals surface area contributed by atoms with Crippen LogP contribution in [0.4, 0.5) is 0 Å². The van der Waals surface area contributed by atoms with Gasteiger partial charge in [0.05, 0.1) is 38.6 Å². The highest BCUT2D eigenvalue weighted by Crippen LogP contribution is 2.40. The standard InChI is InChI=1S/C12H14O6/c1-16-10(13)7-4-3-6-5-18-12(15)8(6)9(7)11(14)17-2/h3-4,6-9H,5H2,1-2H3/t6-,7-,8-,9-/m1/s1. The molecule has 0 unspecified atom stereocenters. The first-order chi connectivity index (χ1) is 8.60. The Morgan fingerprint density at radius 2 is 1.89 bits per heavy atom. The summed E-state index contributed by atoms with van der Waals surface area (Å²) in [4.78, 5) is 35.2. The van der Waals surface area contributed by atoms with Gasteiger partial charge in [-0.15, -0.1) is 0 Å². The van der Waals surface area contributed by atoms with Gasteiger partial charge in [0.1, 0.15) is 0 Å². The molecule has 1 fully saturated rings. The van der Waals surface area contributed by atoms with Crippen LogP contribution < -0.4 is 0 Å². The number of hydrogen-bond donors (Lipinski definition) is 0. The number of cyclic esters (lactones) is 1. The molecule has 0 bridgehead atoms. The topological polar surface area (TPSA) is 78.9 Å². The van der Waals surface area contributed by atoms with Crippen molar-refractivity contribution in [1.82, 2.24) is 0 Å². The van der Waals surface area contributed by atoms with Crippen molar-refractivity contribution in [2.45, 2.75) is 0 Å². The molecule has 2 rings (SSSR count). The molecule has 1 aliphatic heterocycles. The molecule has 0 N–H and O–H groups in total. The van der Waals surface area contributed by atoms with Crippen LogP contribution in [-0.2, 0) is 28.6 Å². The Bertz CT molecular complexity index is 413. The monoisotopic (exact) mass is 254 g/mol. The van der Waals surface area contributed by atoms with Crippen molar-refractivity contribution in [1.29, 1.82) is 0 Å². The maximum atomic E-state index is 11.8. The predicted molar refractivity (Wildman–Crippen MR) is 58.1 cm³/mol. The van der Waals surface area contributed by atoms with Crippen molar-refractivity contribution in [3.63, 3.8) is 0 Å².